The lowest BCUT2D eigenvalue weighted by molar-refractivity contribution is 0.0699. The van der Waals surface area contributed by atoms with Crippen LogP contribution in [-0.4, -0.2) is 17.3 Å². The number of rotatable bonds is 2. The molecule has 0 aliphatic heterocycles. The molecule has 0 aliphatic carbocycles. The first-order valence-electron chi connectivity index (χ1n) is 4.03. The van der Waals surface area contributed by atoms with Crippen LogP contribution in [0.1, 0.15) is 9.67 Å². The molecule has 0 radical (unpaired) electrons. The molecule has 0 bridgehead atoms. The topological polar surface area (TPSA) is 37.3 Å². The Morgan fingerprint density at radius 1 is 1.43 bits per heavy atom. The number of fused-ring (bicyclic) bond motifs is 1. The molecule has 72 valence electrons. The van der Waals surface area contributed by atoms with Gasteiger partial charge in [0.1, 0.15) is 4.88 Å². The molecule has 0 saturated carbocycles. The van der Waals surface area contributed by atoms with Crippen LogP contribution in [0.15, 0.2) is 29.2 Å². The summed E-state index contributed by atoms with van der Waals surface area (Å²) in [6, 6.07) is 7.77. The van der Waals surface area contributed by atoms with Crippen LogP contribution in [0.25, 0.3) is 10.1 Å². The van der Waals surface area contributed by atoms with Gasteiger partial charge in [0.25, 0.3) is 0 Å². The summed E-state index contributed by atoms with van der Waals surface area (Å²) < 4.78 is 1.04. The minimum absolute atomic E-state index is 0.443. The minimum Gasteiger partial charge on any atom is -0.477 e. The van der Waals surface area contributed by atoms with E-state index in [9.17, 15) is 4.79 Å². The zero-order valence-corrected chi connectivity index (χ0v) is 9.11. The summed E-state index contributed by atoms with van der Waals surface area (Å²) in [6.45, 7) is 0. The molecule has 0 unspecified atom stereocenters. The summed E-state index contributed by atoms with van der Waals surface area (Å²) in [5.74, 6) is -0.837. The molecule has 1 aromatic heterocycles. The van der Waals surface area contributed by atoms with Crippen molar-refractivity contribution in [1.29, 1.82) is 0 Å². The molecule has 1 heterocycles. The molecule has 0 atom stereocenters. The lowest BCUT2D eigenvalue weighted by Gasteiger charge is -1.94. The number of hydrogen-bond acceptors (Lipinski definition) is 3. The van der Waals surface area contributed by atoms with Crippen LogP contribution in [0.3, 0.4) is 0 Å². The van der Waals surface area contributed by atoms with Gasteiger partial charge >= 0.3 is 5.97 Å². The number of hydrogen-bond donors (Lipinski definition) is 1. The van der Waals surface area contributed by atoms with E-state index in [0.717, 1.165) is 15.0 Å². The van der Waals surface area contributed by atoms with Crippen LogP contribution in [-0.2, 0) is 0 Å². The van der Waals surface area contributed by atoms with Crippen molar-refractivity contribution in [2.45, 2.75) is 4.90 Å². The zero-order valence-electron chi connectivity index (χ0n) is 7.48. The van der Waals surface area contributed by atoms with Gasteiger partial charge in [0.15, 0.2) is 0 Å². The fraction of sp³-hybridized carbons (Fsp3) is 0.100. The lowest BCUT2D eigenvalue weighted by atomic mass is 10.2. The van der Waals surface area contributed by atoms with Crippen molar-refractivity contribution in [3.63, 3.8) is 0 Å². The number of carbonyl (C=O) groups is 1. The molecule has 2 rings (SSSR count). The Morgan fingerprint density at radius 3 is 2.79 bits per heavy atom. The molecule has 1 aromatic carbocycles. The third-order valence-corrected chi connectivity index (χ3v) is 4.07. The fourth-order valence-electron chi connectivity index (χ4n) is 1.37. The Hall–Kier alpha value is -1.00. The second-order valence-electron chi connectivity index (χ2n) is 2.77. The summed E-state index contributed by atoms with van der Waals surface area (Å²) in [4.78, 5) is 12.3. The first kappa shape index (κ1) is 9.55. The molecular formula is C10H8O2S2. The van der Waals surface area contributed by atoms with Crippen LogP contribution in [0.2, 0.25) is 0 Å². The highest BCUT2D eigenvalue weighted by atomic mass is 32.2. The molecule has 0 fully saturated rings. The zero-order chi connectivity index (χ0) is 10.1. The van der Waals surface area contributed by atoms with Crippen molar-refractivity contribution in [2.75, 3.05) is 6.26 Å². The summed E-state index contributed by atoms with van der Waals surface area (Å²) in [7, 11) is 0. The smallest absolute Gasteiger partial charge is 0.347 e. The number of carboxylic acid groups (broad SMARTS) is 1. The molecule has 0 spiro atoms. The van der Waals surface area contributed by atoms with Crippen molar-refractivity contribution in [2.24, 2.45) is 0 Å². The third-order valence-electron chi connectivity index (χ3n) is 1.95. The quantitative estimate of drug-likeness (QED) is 0.795. The first-order valence-corrected chi connectivity index (χ1v) is 6.07. The second kappa shape index (κ2) is 3.63. The SMILES string of the molecule is CSc1c(C(=O)O)sc2ccccc12. The van der Waals surface area contributed by atoms with Gasteiger partial charge in [-0.3, -0.25) is 0 Å². The summed E-state index contributed by atoms with van der Waals surface area (Å²) in [5.41, 5.74) is 0. The van der Waals surface area contributed by atoms with Crippen molar-refractivity contribution in [1.82, 2.24) is 0 Å². The Kier molecular flexibility index (Phi) is 2.48. The Bertz CT molecular complexity index is 488. The Morgan fingerprint density at radius 2 is 2.14 bits per heavy atom. The fourth-order valence-corrected chi connectivity index (χ4v) is 3.41. The lowest BCUT2D eigenvalue weighted by Crippen LogP contribution is -1.92. The highest BCUT2D eigenvalue weighted by Gasteiger charge is 2.16. The monoisotopic (exact) mass is 224 g/mol. The van der Waals surface area contributed by atoms with E-state index in [1.54, 1.807) is 0 Å². The molecule has 4 heteroatoms. The first-order chi connectivity index (χ1) is 6.74. The molecule has 0 saturated heterocycles. The highest BCUT2D eigenvalue weighted by Crippen LogP contribution is 2.36. The van der Waals surface area contributed by atoms with Crippen molar-refractivity contribution >= 4 is 39.2 Å². The van der Waals surface area contributed by atoms with E-state index in [1.165, 1.54) is 23.1 Å². The number of aromatic carboxylic acids is 1. The van der Waals surface area contributed by atoms with E-state index < -0.39 is 5.97 Å². The maximum atomic E-state index is 10.9. The average molecular weight is 224 g/mol. The van der Waals surface area contributed by atoms with Crippen LogP contribution in [0.4, 0.5) is 0 Å². The molecule has 14 heavy (non-hydrogen) atoms. The molecule has 2 aromatic rings. The summed E-state index contributed by atoms with van der Waals surface area (Å²) >= 11 is 2.83. The van der Waals surface area contributed by atoms with Crippen LogP contribution in [0, 0.1) is 0 Å². The van der Waals surface area contributed by atoms with Crippen molar-refractivity contribution in [3.8, 4) is 0 Å². The van der Waals surface area contributed by atoms with Crippen molar-refractivity contribution < 1.29 is 9.90 Å². The highest BCUT2D eigenvalue weighted by molar-refractivity contribution is 7.99. The number of thiophene rings is 1. The van der Waals surface area contributed by atoms with Gasteiger partial charge in [0, 0.05) is 15.0 Å². The van der Waals surface area contributed by atoms with Gasteiger partial charge in [-0.2, -0.15) is 0 Å². The van der Waals surface area contributed by atoms with Crippen molar-refractivity contribution in [3.05, 3.63) is 29.1 Å². The largest absolute Gasteiger partial charge is 0.477 e. The molecule has 0 aliphatic rings. The Labute approximate surface area is 89.6 Å². The van der Waals surface area contributed by atoms with E-state index in [0.29, 0.717) is 4.88 Å². The molecule has 0 amide bonds. The predicted octanol–water partition coefficient (Wildman–Crippen LogP) is 3.32. The van der Waals surface area contributed by atoms with Gasteiger partial charge in [0.05, 0.1) is 0 Å². The second-order valence-corrected chi connectivity index (χ2v) is 4.63. The van der Waals surface area contributed by atoms with Gasteiger partial charge in [0.2, 0.25) is 0 Å². The summed E-state index contributed by atoms with van der Waals surface area (Å²) in [6.07, 6.45) is 1.90. The summed E-state index contributed by atoms with van der Waals surface area (Å²) in [5, 5.41) is 10.0. The molecular weight excluding hydrogens is 216 g/mol. The van der Waals surface area contributed by atoms with E-state index >= 15 is 0 Å². The standard InChI is InChI=1S/C10H8O2S2/c1-13-8-6-4-2-3-5-7(6)14-9(8)10(11)12/h2-5H,1H3,(H,11,12). The van der Waals surface area contributed by atoms with E-state index in [1.807, 2.05) is 30.5 Å². The van der Waals surface area contributed by atoms with Gasteiger partial charge in [-0.05, 0) is 12.3 Å². The van der Waals surface area contributed by atoms with E-state index in [2.05, 4.69) is 0 Å². The van der Waals surface area contributed by atoms with Gasteiger partial charge in [-0.25, -0.2) is 4.79 Å². The number of carboxylic acids is 1. The average Bonchev–Trinajstić information content (AvgIpc) is 2.56. The maximum absolute atomic E-state index is 10.9. The number of benzene rings is 1. The van der Waals surface area contributed by atoms with E-state index in [4.69, 9.17) is 5.11 Å². The Balaban J connectivity index is 2.78. The van der Waals surface area contributed by atoms with Gasteiger partial charge in [-0.1, -0.05) is 18.2 Å². The molecule has 1 N–H and O–H groups in total. The van der Waals surface area contributed by atoms with Gasteiger partial charge < -0.3 is 5.11 Å². The molecule has 2 nitrogen and oxygen atoms in total. The van der Waals surface area contributed by atoms with Crippen LogP contribution in [0.5, 0.6) is 0 Å². The maximum Gasteiger partial charge on any atom is 0.347 e. The van der Waals surface area contributed by atoms with E-state index in [-0.39, 0.29) is 0 Å². The van der Waals surface area contributed by atoms with Gasteiger partial charge in [-0.15, -0.1) is 23.1 Å². The van der Waals surface area contributed by atoms with Crippen LogP contribution < -0.4 is 0 Å². The number of thioether (sulfide) groups is 1. The third kappa shape index (κ3) is 1.40. The normalized spacial score (nSPS) is 10.6. The predicted molar refractivity (Wildman–Crippen MR) is 60.6 cm³/mol. The minimum atomic E-state index is -0.837. The van der Waals surface area contributed by atoms with Crippen LogP contribution >= 0.6 is 23.1 Å².